The number of aromatic nitrogens is 2. The van der Waals surface area contributed by atoms with Gasteiger partial charge in [-0.25, -0.2) is 18.7 Å². The van der Waals surface area contributed by atoms with Gasteiger partial charge >= 0.3 is 18.1 Å². The third-order valence-corrected chi connectivity index (χ3v) is 4.20. The van der Waals surface area contributed by atoms with Gasteiger partial charge in [0.25, 0.3) is 0 Å². The number of rotatable bonds is 4. The number of ether oxygens (including phenoxy) is 3. The van der Waals surface area contributed by atoms with Crippen LogP contribution in [0.25, 0.3) is 5.69 Å². The third kappa shape index (κ3) is 3.99. The lowest BCUT2D eigenvalue weighted by Crippen LogP contribution is -2.38. The van der Waals surface area contributed by atoms with E-state index in [9.17, 15) is 27.2 Å². The summed E-state index contributed by atoms with van der Waals surface area (Å²) in [6.45, 7) is -0.425. The fraction of sp³-hybridized carbons (Fsp3) is 0.278. The van der Waals surface area contributed by atoms with Gasteiger partial charge in [-0.05, 0) is 24.3 Å². The molecule has 0 unspecified atom stereocenters. The summed E-state index contributed by atoms with van der Waals surface area (Å²) in [6, 6.07) is 4.20. The SMILES string of the molecule is COC(=O)C1=C(C(=O)OC)N(c2ccc(-n3ccc(C(F)(F)F)n3)c(F)c2)COC1. The van der Waals surface area contributed by atoms with Crippen molar-refractivity contribution in [2.75, 3.05) is 32.5 Å². The maximum Gasteiger partial charge on any atom is 0.435 e. The highest BCUT2D eigenvalue weighted by molar-refractivity contribution is 6.03. The van der Waals surface area contributed by atoms with Crippen molar-refractivity contribution in [3.63, 3.8) is 0 Å². The van der Waals surface area contributed by atoms with Crippen LogP contribution in [0, 0.1) is 5.82 Å². The molecule has 0 fully saturated rings. The highest BCUT2D eigenvalue weighted by Gasteiger charge is 2.34. The molecule has 1 aliphatic rings. The van der Waals surface area contributed by atoms with Gasteiger partial charge in [0.15, 0.2) is 11.5 Å². The van der Waals surface area contributed by atoms with E-state index in [-0.39, 0.29) is 36.0 Å². The molecule has 1 aromatic carbocycles. The van der Waals surface area contributed by atoms with Crippen LogP contribution in [0.1, 0.15) is 5.69 Å². The molecule has 12 heteroatoms. The Labute approximate surface area is 167 Å². The summed E-state index contributed by atoms with van der Waals surface area (Å²) in [7, 11) is 2.23. The first-order valence-electron chi connectivity index (χ1n) is 8.35. The van der Waals surface area contributed by atoms with Gasteiger partial charge in [-0.15, -0.1) is 0 Å². The van der Waals surface area contributed by atoms with Crippen molar-refractivity contribution in [2.45, 2.75) is 6.18 Å². The van der Waals surface area contributed by atoms with Crippen LogP contribution < -0.4 is 4.90 Å². The molecule has 1 aromatic heterocycles. The molecular formula is C18H15F4N3O5. The highest BCUT2D eigenvalue weighted by atomic mass is 19.4. The van der Waals surface area contributed by atoms with Crippen LogP contribution in [0.4, 0.5) is 23.2 Å². The standard InChI is InChI=1S/C18H15F4N3O5/c1-28-16(26)11-8-30-9-24(15(11)17(27)29-2)10-3-4-13(12(19)7-10)25-6-5-14(23-25)18(20,21)22/h3-7H,8-9H2,1-2H3. The Kier molecular flexibility index (Phi) is 5.78. The molecule has 160 valence electrons. The van der Waals surface area contributed by atoms with E-state index in [1.165, 1.54) is 17.0 Å². The molecule has 0 radical (unpaired) electrons. The fourth-order valence-corrected chi connectivity index (χ4v) is 2.81. The number of hydrogen-bond acceptors (Lipinski definition) is 7. The van der Waals surface area contributed by atoms with Crippen molar-refractivity contribution in [3.05, 3.63) is 53.2 Å². The van der Waals surface area contributed by atoms with Crippen molar-refractivity contribution in [1.29, 1.82) is 0 Å². The van der Waals surface area contributed by atoms with Crippen LogP contribution in [0.3, 0.4) is 0 Å². The number of methoxy groups -OCH3 is 2. The Bertz CT molecular complexity index is 1020. The predicted molar refractivity (Wildman–Crippen MR) is 92.9 cm³/mol. The smallest absolute Gasteiger partial charge is 0.435 e. The van der Waals surface area contributed by atoms with Gasteiger partial charge in [-0.2, -0.15) is 18.3 Å². The molecule has 3 rings (SSSR count). The van der Waals surface area contributed by atoms with Crippen LogP contribution in [-0.2, 0) is 30.0 Å². The van der Waals surface area contributed by atoms with Crippen LogP contribution in [0.5, 0.6) is 0 Å². The van der Waals surface area contributed by atoms with E-state index in [0.29, 0.717) is 6.07 Å². The molecule has 1 aliphatic heterocycles. The van der Waals surface area contributed by atoms with Gasteiger partial charge < -0.3 is 19.1 Å². The van der Waals surface area contributed by atoms with Gasteiger partial charge in [0.2, 0.25) is 0 Å². The Hall–Kier alpha value is -3.41. The first-order valence-corrected chi connectivity index (χ1v) is 8.35. The minimum Gasteiger partial charge on any atom is -0.466 e. The maximum atomic E-state index is 14.7. The first-order chi connectivity index (χ1) is 14.2. The number of carbonyl (C=O) groups is 2. The largest absolute Gasteiger partial charge is 0.466 e. The summed E-state index contributed by atoms with van der Waals surface area (Å²) in [5.41, 5.74) is -1.64. The van der Waals surface area contributed by atoms with E-state index in [1.54, 1.807) is 0 Å². The molecule has 2 heterocycles. The molecule has 30 heavy (non-hydrogen) atoms. The number of anilines is 1. The van der Waals surface area contributed by atoms with Crippen LogP contribution in [0.15, 0.2) is 41.7 Å². The van der Waals surface area contributed by atoms with Gasteiger partial charge in [-0.3, -0.25) is 0 Å². The monoisotopic (exact) mass is 429 g/mol. The predicted octanol–water partition coefficient (Wildman–Crippen LogP) is 2.42. The summed E-state index contributed by atoms with van der Waals surface area (Å²) < 4.78 is 68.3. The van der Waals surface area contributed by atoms with Gasteiger partial charge in [-0.1, -0.05) is 0 Å². The number of carbonyl (C=O) groups excluding carboxylic acids is 2. The minimum absolute atomic E-state index is 0.0981. The molecule has 0 aliphatic carbocycles. The van der Waals surface area contributed by atoms with E-state index in [0.717, 1.165) is 31.2 Å². The maximum absolute atomic E-state index is 14.7. The topological polar surface area (TPSA) is 82.9 Å². The van der Waals surface area contributed by atoms with Crippen molar-refractivity contribution in [2.24, 2.45) is 0 Å². The zero-order chi connectivity index (χ0) is 22.1. The number of halogens is 4. The number of hydrogen-bond donors (Lipinski definition) is 0. The lowest BCUT2D eigenvalue weighted by atomic mass is 10.1. The average Bonchev–Trinajstić information content (AvgIpc) is 3.22. The molecule has 0 amide bonds. The number of alkyl halides is 3. The van der Waals surface area contributed by atoms with Crippen molar-refractivity contribution in [1.82, 2.24) is 9.78 Å². The lowest BCUT2D eigenvalue weighted by Gasteiger charge is -2.31. The zero-order valence-electron chi connectivity index (χ0n) is 15.7. The van der Waals surface area contributed by atoms with Crippen molar-refractivity contribution < 1.29 is 41.4 Å². The van der Waals surface area contributed by atoms with Gasteiger partial charge in [0, 0.05) is 11.9 Å². The number of nitrogens with zero attached hydrogens (tertiary/aromatic N) is 3. The molecule has 0 bridgehead atoms. The van der Waals surface area contributed by atoms with E-state index >= 15 is 0 Å². The molecular weight excluding hydrogens is 414 g/mol. The second kappa shape index (κ2) is 8.14. The van der Waals surface area contributed by atoms with E-state index in [1.807, 2.05) is 0 Å². The highest BCUT2D eigenvalue weighted by Crippen LogP contribution is 2.31. The van der Waals surface area contributed by atoms with Gasteiger partial charge in [0.05, 0.1) is 26.4 Å². The van der Waals surface area contributed by atoms with Crippen LogP contribution >= 0.6 is 0 Å². The van der Waals surface area contributed by atoms with Crippen LogP contribution in [-0.4, -0.2) is 49.3 Å². The molecule has 0 N–H and O–H groups in total. The fourth-order valence-electron chi connectivity index (χ4n) is 2.81. The summed E-state index contributed by atoms with van der Waals surface area (Å²) in [5, 5.41) is 3.33. The summed E-state index contributed by atoms with van der Waals surface area (Å²) in [5.74, 6) is -2.61. The Morgan fingerprint density at radius 2 is 1.83 bits per heavy atom. The number of esters is 2. The number of benzene rings is 1. The Balaban J connectivity index is 2.01. The van der Waals surface area contributed by atoms with E-state index in [4.69, 9.17) is 9.47 Å². The summed E-state index contributed by atoms with van der Waals surface area (Å²) in [4.78, 5) is 25.4. The van der Waals surface area contributed by atoms with E-state index < -0.39 is 29.6 Å². The summed E-state index contributed by atoms with van der Waals surface area (Å²) in [6.07, 6.45) is -3.70. The summed E-state index contributed by atoms with van der Waals surface area (Å²) >= 11 is 0. The first kappa shape index (κ1) is 21.3. The quantitative estimate of drug-likeness (QED) is 0.545. The third-order valence-electron chi connectivity index (χ3n) is 4.20. The molecule has 0 spiro atoms. The Morgan fingerprint density at radius 1 is 1.13 bits per heavy atom. The Morgan fingerprint density at radius 3 is 2.40 bits per heavy atom. The van der Waals surface area contributed by atoms with Crippen LogP contribution in [0.2, 0.25) is 0 Å². The molecule has 0 atom stereocenters. The molecule has 0 saturated heterocycles. The second-order valence-electron chi connectivity index (χ2n) is 5.99. The van der Waals surface area contributed by atoms with Crippen molar-refractivity contribution in [3.8, 4) is 5.69 Å². The second-order valence-corrected chi connectivity index (χ2v) is 5.99. The van der Waals surface area contributed by atoms with Crippen molar-refractivity contribution >= 4 is 17.6 Å². The minimum atomic E-state index is -4.67. The molecule has 2 aromatic rings. The average molecular weight is 429 g/mol. The van der Waals surface area contributed by atoms with E-state index in [2.05, 4.69) is 9.84 Å². The zero-order valence-corrected chi connectivity index (χ0v) is 15.7. The molecule has 8 nitrogen and oxygen atoms in total. The molecule has 0 saturated carbocycles. The van der Waals surface area contributed by atoms with Gasteiger partial charge in [0.1, 0.15) is 18.1 Å². The lowest BCUT2D eigenvalue weighted by molar-refractivity contribution is -0.141. The normalized spacial score (nSPS) is 14.7.